The lowest BCUT2D eigenvalue weighted by Crippen LogP contribution is -2.32. The van der Waals surface area contributed by atoms with E-state index in [1.54, 1.807) is 23.7 Å². The molecule has 3 aromatic rings. The molecule has 0 spiro atoms. The van der Waals surface area contributed by atoms with Gasteiger partial charge in [0, 0.05) is 28.6 Å². The van der Waals surface area contributed by atoms with Crippen molar-refractivity contribution in [2.45, 2.75) is 18.9 Å². The topological polar surface area (TPSA) is 46.0 Å². The molecule has 0 aliphatic heterocycles. The summed E-state index contributed by atoms with van der Waals surface area (Å²) >= 11 is 1.69. The first-order chi connectivity index (χ1) is 10.2. The standard InChI is InChI=1S/C17H16N2OS/c1-13-8-9-14(21-13)12-17(20,15-6-2-4-10-18-15)16-7-3-5-11-19-16/h2-11,20H,12H2,1H3. The minimum Gasteiger partial charge on any atom is -0.377 e. The van der Waals surface area contributed by atoms with Crippen LogP contribution in [0, 0.1) is 6.92 Å². The molecule has 0 aromatic carbocycles. The van der Waals surface area contributed by atoms with Crippen LogP contribution in [-0.4, -0.2) is 15.1 Å². The van der Waals surface area contributed by atoms with E-state index in [4.69, 9.17) is 0 Å². The Morgan fingerprint density at radius 3 is 2.00 bits per heavy atom. The van der Waals surface area contributed by atoms with Crippen LogP contribution in [0.15, 0.2) is 60.9 Å². The zero-order valence-electron chi connectivity index (χ0n) is 11.7. The fraction of sp³-hybridized carbons (Fsp3) is 0.176. The van der Waals surface area contributed by atoms with Gasteiger partial charge in [-0.25, -0.2) is 0 Å². The molecule has 0 saturated carbocycles. The van der Waals surface area contributed by atoms with Gasteiger partial charge in [0.15, 0.2) is 5.60 Å². The lowest BCUT2D eigenvalue weighted by molar-refractivity contribution is 0.0727. The lowest BCUT2D eigenvalue weighted by atomic mass is 9.90. The van der Waals surface area contributed by atoms with Crippen LogP contribution in [0.4, 0.5) is 0 Å². The fourth-order valence-electron chi connectivity index (χ4n) is 2.36. The average molecular weight is 296 g/mol. The molecule has 3 aromatic heterocycles. The number of pyridine rings is 2. The molecular formula is C17H16N2OS. The molecule has 3 nitrogen and oxygen atoms in total. The second kappa shape index (κ2) is 5.76. The fourth-order valence-corrected chi connectivity index (χ4v) is 3.33. The van der Waals surface area contributed by atoms with E-state index >= 15 is 0 Å². The van der Waals surface area contributed by atoms with Crippen molar-refractivity contribution in [1.29, 1.82) is 0 Å². The summed E-state index contributed by atoms with van der Waals surface area (Å²) < 4.78 is 0. The summed E-state index contributed by atoms with van der Waals surface area (Å²) in [7, 11) is 0. The van der Waals surface area contributed by atoms with Crippen LogP contribution in [0.2, 0.25) is 0 Å². The summed E-state index contributed by atoms with van der Waals surface area (Å²) in [6, 6.07) is 15.3. The monoisotopic (exact) mass is 296 g/mol. The Morgan fingerprint density at radius 1 is 0.952 bits per heavy atom. The Labute approximate surface area is 128 Å². The molecule has 0 radical (unpaired) electrons. The molecule has 0 aliphatic rings. The Morgan fingerprint density at radius 2 is 1.57 bits per heavy atom. The van der Waals surface area contributed by atoms with Crippen molar-refractivity contribution >= 4 is 11.3 Å². The number of hydrogen-bond acceptors (Lipinski definition) is 4. The van der Waals surface area contributed by atoms with E-state index in [-0.39, 0.29) is 0 Å². The van der Waals surface area contributed by atoms with Gasteiger partial charge in [-0.1, -0.05) is 12.1 Å². The second-order valence-electron chi connectivity index (χ2n) is 4.98. The predicted octanol–water partition coefficient (Wildman–Crippen LogP) is 3.33. The maximum Gasteiger partial charge on any atom is 0.153 e. The molecule has 0 aliphatic carbocycles. The molecule has 0 atom stereocenters. The number of thiophene rings is 1. The highest BCUT2D eigenvalue weighted by Crippen LogP contribution is 2.32. The third-order valence-electron chi connectivity index (χ3n) is 3.40. The van der Waals surface area contributed by atoms with Gasteiger partial charge in [-0.3, -0.25) is 9.97 Å². The SMILES string of the molecule is Cc1ccc(CC(O)(c2ccccn2)c2ccccn2)s1. The molecular weight excluding hydrogens is 280 g/mol. The molecule has 0 fully saturated rings. The largest absolute Gasteiger partial charge is 0.377 e. The number of rotatable bonds is 4. The van der Waals surface area contributed by atoms with Crippen LogP contribution in [0.1, 0.15) is 21.1 Å². The summed E-state index contributed by atoms with van der Waals surface area (Å²) in [5, 5.41) is 11.3. The normalized spacial score (nSPS) is 11.5. The van der Waals surface area contributed by atoms with Crippen molar-refractivity contribution < 1.29 is 5.11 Å². The molecule has 0 saturated heterocycles. The summed E-state index contributed by atoms with van der Waals surface area (Å²) in [4.78, 5) is 11.0. The summed E-state index contributed by atoms with van der Waals surface area (Å²) in [6.07, 6.45) is 3.87. The van der Waals surface area contributed by atoms with Gasteiger partial charge in [-0.05, 0) is 43.3 Å². The van der Waals surface area contributed by atoms with Gasteiger partial charge >= 0.3 is 0 Å². The van der Waals surface area contributed by atoms with Gasteiger partial charge in [-0.15, -0.1) is 11.3 Å². The number of aliphatic hydroxyl groups is 1. The van der Waals surface area contributed by atoms with Crippen molar-refractivity contribution in [3.05, 3.63) is 82.1 Å². The lowest BCUT2D eigenvalue weighted by Gasteiger charge is -2.26. The molecule has 0 unspecified atom stereocenters. The maximum absolute atomic E-state index is 11.3. The van der Waals surface area contributed by atoms with Crippen molar-refractivity contribution in [1.82, 2.24) is 9.97 Å². The first-order valence-electron chi connectivity index (χ1n) is 6.79. The van der Waals surface area contributed by atoms with Crippen LogP contribution in [0.3, 0.4) is 0 Å². The van der Waals surface area contributed by atoms with Gasteiger partial charge < -0.3 is 5.11 Å². The Bertz CT molecular complexity index is 670. The van der Waals surface area contributed by atoms with Gasteiger partial charge in [0.05, 0.1) is 11.4 Å². The summed E-state index contributed by atoms with van der Waals surface area (Å²) in [5.41, 5.74) is 0.0318. The average Bonchev–Trinajstić information content (AvgIpc) is 2.94. The summed E-state index contributed by atoms with van der Waals surface area (Å²) in [5.74, 6) is 0. The van der Waals surface area contributed by atoms with Gasteiger partial charge in [0.25, 0.3) is 0 Å². The molecule has 106 valence electrons. The van der Waals surface area contributed by atoms with Crippen LogP contribution in [0.5, 0.6) is 0 Å². The molecule has 1 N–H and O–H groups in total. The highest BCUT2D eigenvalue weighted by atomic mass is 32.1. The zero-order valence-corrected chi connectivity index (χ0v) is 12.5. The van der Waals surface area contributed by atoms with Crippen LogP contribution < -0.4 is 0 Å². The maximum atomic E-state index is 11.3. The minimum absolute atomic E-state index is 0.472. The second-order valence-corrected chi connectivity index (χ2v) is 6.35. The first-order valence-corrected chi connectivity index (χ1v) is 7.61. The van der Waals surface area contributed by atoms with Crippen molar-refractivity contribution in [3.8, 4) is 0 Å². The molecule has 3 rings (SSSR count). The van der Waals surface area contributed by atoms with Crippen LogP contribution in [-0.2, 0) is 12.0 Å². The van der Waals surface area contributed by atoms with Gasteiger partial charge in [0.2, 0.25) is 0 Å². The summed E-state index contributed by atoms with van der Waals surface area (Å²) in [6.45, 7) is 2.06. The van der Waals surface area contributed by atoms with E-state index in [0.29, 0.717) is 17.8 Å². The van der Waals surface area contributed by atoms with E-state index in [1.165, 1.54) is 4.88 Å². The first kappa shape index (κ1) is 13.9. The zero-order chi connectivity index (χ0) is 14.7. The Kier molecular flexibility index (Phi) is 3.82. The number of nitrogens with zero attached hydrogens (tertiary/aromatic N) is 2. The number of aryl methyl sites for hydroxylation is 1. The molecule has 0 amide bonds. The van der Waals surface area contributed by atoms with E-state index in [2.05, 4.69) is 29.0 Å². The van der Waals surface area contributed by atoms with Crippen molar-refractivity contribution in [2.75, 3.05) is 0 Å². The van der Waals surface area contributed by atoms with E-state index < -0.39 is 5.60 Å². The molecule has 4 heteroatoms. The highest BCUT2D eigenvalue weighted by Gasteiger charge is 2.35. The quantitative estimate of drug-likeness (QED) is 0.803. The third-order valence-corrected chi connectivity index (χ3v) is 4.40. The third kappa shape index (κ3) is 2.86. The number of aromatic nitrogens is 2. The predicted molar refractivity (Wildman–Crippen MR) is 84.2 cm³/mol. The van der Waals surface area contributed by atoms with Crippen LogP contribution in [0.25, 0.3) is 0 Å². The molecule has 21 heavy (non-hydrogen) atoms. The van der Waals surface area contributed by atoms with E-state index in [9.17, 15) is 5.11 Å². The van der Waals surface area contributed by atoms with E-state index in [0.717, 1.165) is 4.88 Å². The van der Waals surface area contributed by atoms with Gasteiger partial charge in [-0.2, -0.15) is 0 Å². The number of hydrogen-bond donors (Lipinski definition) is 1. The Hall–Kier alpha value is -2.04. The Balaban J connectivity index is 2.07. The van der Waals surface area contributed by atoms with Gasteiger partial charge in [0.1, 0.15) is 0 Å². The molecule has 0 bridgehead atoms. The highest BCUT2D eigenvalue weighted by molar-refractivity contribution is 7.11. The van der Waals surface area contributed by atoms with Crippen molar-refractivity contribution in [2.24, 2.45) is 0 Å². The minimum atomic E-state index is -1.21. The van der Waals surface area contributed by atoms with E-state index in [1.807, 2.05) is 36.4 Å². The molecule has 3 heterocycles. The van der Waals surface area contributed by atoms with Crippen molar-refractivity contribution in [3.63, 3.8) is 0 Å². The smallest absolute Gasteiger partial charge is 0.153 e. The van der Waals surface area contributed by atoms with Crippen LogP contribution >= 0.6 is 11.3 Å².